The second kappa shape index (κ2) is 7.30. The van der Waals surface area contributed by atoms with Crippen molar-refractivity contribution in [1.82, 2.24) is 4.98 Å². The molecule has 1 fully saturated rings. The summed E-state index contributed by atoms with van der Waals surface area (Å²) in [5.41, 5.74) is 2.71. The van der Waals surface area contributed by atoms with Crippen LogP contribution in [-0.4, -0.2) is 16.2 Å². The van der Waals surface area contributed by atoms with Crippen LogP contribution in [0.1, 0.15) is 24.8 Å². The van der Waals surface area contributed by atoms with Crippen molar-refractivity contribution < 1.29 is 14.3 Å². The molecule has 25 heavy (non-hydrogen) atoms. The number of halogens is 1. The number of nitrogens with zero attached hydrogens (tertiary/aromatic N) is 1. The number of fused-ring (bicyclic) bond motifs is 1. The van der Waals surface area contributed by atoms with E-state index in [1.807, 2.05) is 25.1 Å². The van der Waals surface area contributed by atoms with Gasteiger partial charge >= 0.3 is 6.09 Å². The van der Waals surface area contributed by atoms with Crippen molar-refractivity contribution in [3.8, 4) is 11.1 Å². The van der Waals surface area contributed by atoms with E-state index < -0.39 is 6.09 Å². The Morgan fingerprint density at radius 3 is 2.52 bits per heavy atom. The number of hydrogen-bond acceptors (Lipinski definition) is 2. The summed E-state index contributed by atoms with van der Waals surface area (Å²) < 4.78 is 13.4. The number of aromatic nitrogens is 1. The molecule has 128 valence electrons. The maximum atomic E-state index is 13.4. The van der Waals surface area contributed by atoms with Crippen molar-refractivity contribution in [3.63, 3.8) is 0 Å². The maximum Gasteiger partial charge on any atom is 0.410 e. The van der Waals surface area contributed by atoms with Crippen molar-refractivity contribution in [1.29, 1.82) is 0 Å². The molecule has 0 saturated heterocycles. The summed E-state index contributed by atoms with van der Waals surface area (Å²) >= 11 is 0. The first-order valence-electron chi connectivity index (χ1n) is 8.19. The Morgan fingerprint density at radius 2 is 1.84 bits per heavy atom. The maximum absolute atomic E-state index is 13.4. The van der Waals surface area contributed by atoms with Gasteiger partial charge in [0.25, 0.3) is 0 Å². The summed E-state index contributed by atoms with van der Waals surface area (Å²) in [5, 5.41) is 12.6. The molecule has 0 aliphatic heterocycles. The van der Waals surface area contributed by atoms with Crippen LogP contribution < -0.4 is 5.32 Å². The van der Waals surface area contributed by atoms with Gasteiger partial charge in [-0.25, -0.2) is 14.2 Å². The molecule has 2 aromatic carbocycles. The first kappa shape index (κ1) is 16.9. The van der Waals surface area contributed by atoms with Crippen molar-refractivity contribution >= 4 is 22.7 Å². The minimum atomic E-state index is -1.15. The van der Waals surface area contributed by atoms with Gasteiger partial charge in [-0.05, 0) is 53.3 Å². The van der Waals surface area contributed by atoms with E-state index >= 15 is 0 Å². The number of amides is 1. The van der Waals surface area contributed by atoms with Gasteiger partial charge in [0.2, 0.25) is 0 Å². The summed E-state index contributed by atoms with van der Waals surface area (Å²) in [6, 6.07) is 12.0. The van der Waals surface area contributed by atoms with E-state index in [1.165, 1.54) is 31.4 Å². The molecule has 1 heterocycles. The lowest BCUT2D eigenvalue weighted by atomic mass is 9.98. The van der Waals surface area contributed by atoms with Gasteiger partial charge < -0.3 is 5.11 Å². The zero-order chi connectivity index (χ0) is 17.8. The topological polar surface area (TPSA) is 62.2 Å². The van der Waals surface area contributed by atoms with Gasteiger partial charge in [0.05, 0.1) is 0 Å². The number of carbonyl (C=O) groups is 1. The average Bonchev–Trinajstić information content (AvgIpc) is 3.45. The molecule has 0 bridgehead atoms. The highest BCUT2D eigenvalue weighted by Gasteiger charge is 2.06. The molecule has 1 aromatic heterocycles. The van der Waals surface area contributed by atoms with Crippen LogP contribution in [0.15, 0.2) is 48.7 Å². The standard InChI is InChI=1S/C17H13FN2O2.C3H6/c1-10-2-5-14(18)8-15(10)12-4-3-11-7-16(20-17(21)22)19-9-13(11)6-12;1-2-3-1/h2-9H,1H3,(H,19,20)(H,21,22);1-3H2. The Hall–Kier alpha value is -2.95. The van der Waals surface area contributed by atoms with E-state index in [0.717, 1.165) is 27.5 Å². The van der Waals surface area contributed by atoms with E-state index in [4.69, 9.17) is 5.11 Å². The zero-order valence-corrected chi connectivity index (χ0v) is 13.9. The summed E-state index contributed by atoms with van der Waals surface area (Å²) in [5.74, 6) is -0.00508. The van der Waals surface area contributed by atoms with Crippen LogP contribution in [0.25, 0.3) is 21.9 Å². The number of anilines is 1. The van der Waals surface area contributed by atoms with Crippen molar-refractivity contribution in [2.24, 2.45) is 0 Å². The Labute approximate surface area is 145 Å². The molecular weight excluding hydrogens is 319 g/mol. The van der Waals surface area contributed by atoms with Gasteiger partial charge in [0.15, 0.2) is 0 Å². The fourth-order valence-electron chi connectivity index (χ4n) is 2.39. The summed E-state index contributed by atoms with van der Waals surface area (Å²) in [6.07, 6.45) is 4.94. The van der Waals surface area contributed by atoms with Crippen molar-refractivity contribution in [3.05, 3.63) is 60.0 Å². The monoisotopic (exact) mass is 338 g/mol. The second-order valence-corrected chi connectivity index (χ2v) is 6.08. The molecule has 0 radical (unpaired) electrons. The Bertz CT molecular complexity index is 920. The minimum absolute atomic E-state index is 0.273. The third-order valence-corrected chi connectivity index (χ3v) is 3.82. The zero-order valence-electron chi connectivity index (χ0n) is 13.9. The first-order chi connectivity index (χ1) is 12.0. The van der Waals surface area contributed by atoms with Crippen molar-refractivity contribution in [2.75, 3.05) is 5.32 Å². The highest BCUT2D eigenvalue weighted by atomic mass is 19.1. The van der Waals surface area contributed by atoms with Gasteiger partial charge in [-0.15, -0.1) is 0 Å². The molecule has 1 aliphatic rings. The fourth-order valence-corrected chi connectivity index (χ4v) is 2.39. The van der Waals surface area contributed by atoms with E-state index in [-0.39, 0.29) is 11.6 Å². The van der Waals surface area contributed by atoms with E-state index in [0.29, 0.717) is 0 Å². The highest BCUT2D eigenvalue weighted by molar-refractivity contribution is 5.91. The van der Waals surface area contributed by atoms with Crippen LogP contribution >= 0.6 is 0 Å². The lowest BCUT2D eigenvalue weighted by molar-refractivity contribution is 0.209. The van der Waals surface area contributed by atoms with E-state index in [9.17, 15) is 9.18 Å². The molecular formula is C20H19FN2O2. The lowest BCUT2D eigenvalue weighted by Gasteiger charge is -2.08. The van der Waals surface area contributed by atoms with Gasteiger partial charge in [-0.1, -0.05) is 37.5 Å². The minimum Gasteiger partial charge on any atom is -0.465 e. The predicted molar refractivity (Wildman–Crippen MR) is 97.4 cm³/mol. The number of aryl methyl sites for hydroxylation is 1. The number of rotatable bonds is 2. The first-order valence-corrected chi connectivity index (χ1v) is 8.19. The molecule has 1 aliphatic carbocycles. The molecule has 1 amide bonds. The third kappa shape index (κ3) is 4.53. The van der Waals surface area contributed by atoms with Crippen LogP contribution in [0.5, 0.6) is 0 Å². The molecule has 0 atom stereocenters. The highest BCUT2D eigenvalue weighted by Crippen LogP contribution is 2.28. The smallest absolute Gasteiger partial charge is 0.410 e. The lowest BCUT2D eigenvalue weighted by Crippen LogP contribution is -2.08. The van der Waals surface area contributed by atoms with Crippen LogP contribution in [0.4, 0.5) is 15.0 Å². The van der Waals surface area contributed by atoms with Crippen molar-refractivity contribution in [2.45, 2.75) is 26.2 Å². The van der Waals surface area contributed by atoms with Crippen LogP contribution in [0.2, 0.25) is 0 Å². The molecule has 2 N–H and O–H groups in total. The summed E-state index contributed by atoms with van der Waals surface area (Å²) in [4.78, 5) is 14.7. The molecule has 4 nitrogen and oxygen atoms in total. The molecule has 1 saturated carbocycles. The number of carboxylic acid groups (broad SMARTS) is 1. The second-order valence-electron chi connectivity index (χ2n) is 6.08. The molecule has 4 rings (SSSR count). The number of nitrogens with one attached hydrogen (secondary N) is 1. The molecule has 0 unspecified atom stereocenters. The SMILES string of the molecule is C1CC1.Cc1ccc(F)cc1-c1ccc2cc(NC(=O)O)ncc2c1. The average molecular weight is 338 g/mol. The van der Waals surface area contributed by atoms with Gasteiger partial charge in [0.1, 0.15) is 11.6 Å². The number of benzene rings is 2. The third-order valence-electron chi connectivity index (χ3n) is 3.82. The summed E-state index contributed by atoms with van der Waals surface area (Å²) in [6.45, 7) is 1.93. The van der Waals surface area contributed by atoms with Gasteiger partial charge in [-0.2, -0.15) is 0 Å². The normalized spacial score (nSPS) is 12.2. The largest absolute Gasteiger partial charge is 0.465 e. The Kier molecular flexibility index (Phi) is 4.93. The Balaban J connectivity index is 0.000000549. The predicted octanol–water partition coefficient (Wildman–Crippen LogP) is 5.61. The molecule has 5 heteroatoms. The summed E-state index contributed by atoms with van der Waals surface area (Å²) in [7, 11) is 0. The molecule has 0 spiro atoms. The number of hydrogen-bond donors (Lipinski definition) is 2. The van der Waals surface area contributed by atoms with Crippen LogP contribution in [0.3, 0.4) is 0 Å². The quantitative estimate of drug-likeness (QED) is 0.638. The Morgan fingerprint density at radius 1 is 1.08 bits per heavy atom. The van der Waals surface area contributed by atoms with Gasteiger partial charge in [0, 0.05) is 11.6 Å². The number of pyridine rings is 1. The van der Waals surface area contributed by atoms with Gasteiger partial charge in [-0.3, -0.25) is 5.32 Å². The van der Waals surface area contributed by atoms with Crippen LogP contribution in [-0.2, 0) is 0 Å². The van der Waals surface area contributed by atoms with E-state index in [1.54, 1.807) is 18.3 Å². The van der Waals surface area contributed by atoms with E-state index in [2.05, 4.69) is 10.3 Å². The van der Waals surface area contributed by atoms with Crippen LogP contribution in [0, 0.1) is 12.7 Å². The molecule has 3 aromatic rings. The fraction of sp³-hybridized carbons (Fsp3) is 0.200.